The van der Waals surface area contributed by atoms with Crippen molar-refractivity contribution in [1.29, 1.82) is 5.26 Å². The zero-order chi connectivity index (χ0) is 21.6. The summed E-state index contributed by atoms with van der Waals surface area (Å²) >= 11 is 1.42. The number of nitriles is 1. The highest BCUT2D eigenvalue weighted by atomic mass is 32.2. The Morgan fingerprint density at radius 3 is 1.97 bits per heavy atom. The SMILES string of the molecule is CC(C)(C)[Si](OCCSc1ccc(C#N)cc1F)(c1ccccc1)c1ccccc1. The van der Waals surface area contributed by atoms with Gasteiger partial charge in [-0.25, -0.2) is 4.39 Å². The standard InChI is InChI=1S/C25H26FNOSSi/c1-25(2,3)30(21-10-6-4-7-11-21,22-12-8-5-9-13-22)28-16-17-29-24-15-14-20(19-27)18-23(24)26/h4-15,18H,16-17H2,1-3H3. The minimum absolute atomic E-state index is 0.0833. The lowest BCUT2D eigenvalue weighted by molar-refractivity contribution is 0.322. The van der Waals surface area contributed by atoms with Gasteiger partial charge in [-0.1, -0.05) is 81.4 Å². The molecule has 0 aliphatic carbocycles. The van der Waals surface area contributed by atoms with Crippen molar-refractivity contribution in [3.63, 3.8) is 0 Å². The second-order valence-corrected chi connectivity index (χ2v) is 13.6. The molecule has 0 saturated carbocycles. The van der Waals surface area contributed by atoms with Crippen LogP contribution in [0.15, 0.2) is 83.8 Å². The quantitative estimate of drug-likeness (QED) is 0.284. The third-order valence-electron chi connectivity index (χ3n) is 5.14. The predicted molar refractivity (Wildman–Crippen MR) is 125 cm³/mol. The van der Waals surface area contributed by atoms with Gasteiger partial charge in [-0.15, -0.1) is 11.8 Å². The maximum atomic E-state index is 14.2. The van der Waals surface area contributed by atoms with Gasteiger partial charge in [0.25, 0.3) is 8.32 Å². The maximum absolute atomic E-state index is 14.2. The molecule has 30 heavy (non-hydrogen) atoms. The van der Waals surface area contributed by atoms with E-state index in [2.05, 4.69) is 69.3 Å². The smallest absolute Gasteiger partial charge is 0.261 e. The van der Waals surface area contributed by atoms with E-state index in [1.807, 2.05) is 18.2 Å². The topological polar surface area (TPSA) is 33.0 Å². The summed E-state index contributed by atoms with van der Waals surface area (Å²) in [5.41, 5.74) is 0.334. The van der Waals surface area contributed by atoms with Crippen LogP contribution < -0.4 is 10.4 Å². The van der Waals surface area contributed by atoms with Gasteiger partial charge in [0.15, 0.2) is 0 Å². The van der Waals surface area contributed by atoms with E-state index in [1.54, 1.807) is 12.1 Å². The maximum Gasteiger partial charge on any atom is 0.261 e. The Morgan fingerprint density at radius 2 is 1.50 bits per heavy atom. The van der Waals surface area contributed by atoms with Crippen molar-refractivity contribution in [3.05, 3.63) is 90.2 Å². The van der Waals surface area contributed by atoms with Gasteiger partial charge in [0.05, 0.1) is 11.6 Å². The average Bonchev–Trinajstić information content (AvgIpc) is 2.75. The van der Waals surface area contributed by atoms with Crippen molar-refractivity contribution < 1.29 is 8.82 Å². The molecule has 0 heterocycles. The van der Waals surface area contributed by atoms with E-state index in [0.29, 0.717) is 22.8 Å². The molecule has 0 atom stereocenters. The van der Waals surface area contributed by atoms with E-state index < -0.39 is 8.32 Å². The molecular weight excluding hydrogens is 409 g/mol. The van der Waals surface area contributed by atoms with Crippen molar-refractivity contribution in [1.82, 2.24) is 0 Å². The van der Waals surface area contributed by atoms with Crippen molar-refractivity contribution >= 4 is 30.5 Å². The van der Waals surface area contributed by atoms with Crippen LogP contribution in [0.4, 0.5) is 4.39 Å². The highest BCUT2D eigenvalue weighted by molar-refractivity contribution is 7.99. The van der Waals surface area contributed by atoms with E-state index in [4.69, 9.17) is 9.69 Å². The lowest BCUT2D eigenvalue weighted by Crippen LogP contribution is -2.66. The summed E-state index contributed by atoms with van der Waals surface area (Å²) in [7, 11) is -2.57. The number of nitrogens with zero attached hydrogens (tertiary/aromatic N) is 1. The molecule has 3 rings (SSSR count). The minimum Gasteiger partial charge on any atom is -0.407 e. The van der Waals surface area contributed by atoms with Gasteiger partial charge >= 0.3 is 0 Å². The Balaban J connectivity index is 1.86. The van der Waals surface area contributed by atoms with Crippen molar-refractivity contribution in [2.45, 2.75) is 30.7 Å². The molecule has 0 aromatic heterocycles. The van der Waals surface area contributed by atoms with Crippen LogP contribution in [0.3, 0.4) is 0 Å². The molecule has 154 valence electrons. The molecule has 2 nitrogen and oxygen atoms in total. The van der Waals surface area contributed by atoms with Gasteiger partial charge in [0.2, 0.25) is 0 Å². The predicted octanol–water partition coefficient (Wildman–Crippen LogP) is 5.37. The molecule has 0 radical (unpaired) electrons. The number of thioether (sulfide) groups is 1. The van der Waals surface area contributed by atoms with E-state index in [1.165, 1.54) is 28.2 Å². The molecule has 5 heteroatoms. The number of hydrogen-bond acceptors (Lipinski definition) is 3. The Morgan fingerprint density at radius 1 is 0.933 bits per heavy atom. The molecule has 0 fully saturated rings. The average molecular weight is 436 g/mol. The Hall–Kier alpha value is -2.39. The normalized spacial score (nSPS) is 11.8. The van der Waals surface area contributed by atoms with Crippen LogP contribution in [-0.2, 0) is 4.43 Å². The molecular formula is C25H26FNOSSi. The summed E-state index contributed by atoms with van der Waals surface area (Å²) in [6.07, 6.45) is 0. The molecule has 3 aromatic carbocycles. The third kappa shape index (κ3) is 4.67. The first kappa shape index (κ1) is 22.3. The first-order valence-electron chi connectivity index (χ1n) is 9.96. The van der Waals surface area contributed by atoms with Crippen LogP contribution in [0.1, 0.15) is 26.3 Å². The molecule has 0 N–H and O–H groups in total. The Bertz CT molecular complexity index is 973. The number of rotatable bonds is 7. The summed E-state index contributed by atoms with van der Waals surface area (Å²) < 4.78 is 21.0. The molecule has 0 spiro atoms. The molecule has 0 bridgehead atoms. The van der Waals surface area contributed by atoms with Crippen LogP contribution in [0.5, 0.6) is 0 Å². The summed E-state index contributed by atoms with van der Waals surface area (Å²) in [4.78, 5) is 0.542. The summed E-state index contributed by atoms with van der Waals surface area (Å²) in [5.74, 6) is 0.275. The van der Waals surface area contributed by atoms with Gasteiger partial charge in [-0.2, -0.15) is 5.26 Å². The fraction of sp³-hybridized carbons (Fsp3) is 0.240. The highest BCUT2D eigenvalue weighted by Gasteiger charge is 2.49. The third-order valence-corrected chi connectivity index (χ3v) is 11.2. The Labute approximate surface area is 183 Å². The van der Waals surface area contributed by atoms with Gasteiger partial charge < -0.3 is 4.43 Å². The summed E-state index contributed by atoms with van der Waals surface area (Å²) in [6, 6.07) is 27.5. The van der Waals surface area contributed by atoms with Crippen molar-refractivity contribution in [3.8, 4) is 6.07 Å². The van der Waals surface area contributed by atoms with Crippen molar-refractivity contribution in [2.24, 2.45) is 0 Å². The van der Waals surface area contributed by atoms with Gasteiger partial charge in [0.1, 0.15) is 5.82 Å². The largest absolute Gasteiger partial charge is 0.407 e. The summed E-state index contributed by atoms with van der Waals surface area (Å²) in [6.45, 7) is 7.24. The Kier molecular flexibility index (Phi) is 7.14. The number of halogens is 1. The first-order chi connectivity index (χ1) is 14.4. The molecule has 0 aliphatic rings. The summed E-state index contributed by atoms with van der Waals surface area (Å²) in [5, 5.41) is 11.3. The van der Waals surface area contributed by atoms with E-state index >= 15 is 0 Å². The van der Waals surface area contributed by atoms with Crippen LogP contribution in [0, 0.1) is 17.1 Å². The van der Waals surface area contributed by atoms with Crippen LogP contribution in [-0.4, -0.2) is 20.7 Å². The van der Waals surface area contributed by atoms with Gasteiger partial charge in [-0.3, -0.25) is 0 Å². The monoisotopic (exact) mass is 435 g/mol. The zero-order valence-electron chi connectivity index (χ0n) is 17.6. The van der Waals surface area contributed by atoms with Gasteiger partial charge in [-0.05, 0) is 33.6 Å². The van der Waals surface area contributed by atoms with E-state index in [9.17, 15) is 4.39 Å². The second kappa shape index (κ2) is 9.61. The first-order valence-corrected chi connectivity index (χ1v) is 12.9. The fourth-order valence-electron chi connectivity index (χ4n) is 3.80. The van der Waals surface area contributed by atoms with Crippen LogP contribution in [0.25, 0.3) is 0 Å². The second-order valence-electron chi connectivity index (χ2n) is 8.12. The molecule has 0 aliphatic heterocycles. The molecule has 0 unspecified atom stereocenters. The number of hydrogen-bond donors (Lipinski definition) is 0. The minimum atomic E-state index is -2.57. The fourth-order valence-corrected chi connectivity index (χ4v) is 9.25. The number of benzene rings is 3. The molecule has 3 aromatic rings. The van der Waals surface area contributed by atoms with E-state index in [-0.39, 0.29) is 10.9 Å². The van der Waals surface area contributed by atoms with E-state index in [0.717, 1.165) is 0 Å². The van der Waals surface area contributed by atoms with Gasteiger partial charge in [0, 0.05) is 17.3 Å². The van der Waals surface area contributed by atoms with Crippen LogP contribution in [0.2, 0.25) is 5.04 Å². The lowest BCUT2D eigenvalue weighted by atomic mass is 10.2. The van der Waals surface area contributed by atoms with Crippen LogP contribution >= 0.6 is 11.8 Å². The highest BCUT2D eigenvalue weighted by Crippen LogP contribution is 2.37. The zero-order valence-corrected chi connectivity index (χ0v) is 19.4. The molecule has 0 saturated heterocycles. The lowest BCUT2D eigenvalue weighted by Gasteiger charge is -2.43. The molecule has 0 amide bonds. The van der Waals surface area contributed by atoms with Crippen molar-refractivity contribution in [2.75, 3.05) is 12.4 Å².